The molecule has 1 N–H and O–H groups in total. The molecule has 0 aliphatic carbocycles. The molecule has 0 saturated carbocycles. The van der Waals surface area contributed by atoms with E-state index in [0.29, 0.717) is 17.9 Å². The summed E-state index contributed by atoms with van der Waals surface area (Å²) in [5, 5.41) is 0. The lowest BCUT2D eigenvalue weighted by Crippen LogP contribution is -2.22. The first-order chi connectivity index (χ1) is 9.79. The summed E-state index contributed by atoms with van der Waals surface area (Å²) in [5.41, 5.74) is 3.68. The Morgan fingerprint density at radius 3 is 2.40 bits per heavy atom. The number of ether oxygens (including phenoxy) is 1. The maximum Gasteiger partial charge on any atom is 0.212 e. The molecular weight excluding hydrogens is 256 g/mol. The van der Waals surface area contributed by atoms with E-state index >= 15 is 0 Å². The number of rotatable bonds is 7. The molecule has 0 fully saturated rings. The lowest BCUT2D eigenvalue weighted by Gasteiger charge is -2.15. The van der Waals surface area contributed by atoms with Crippen LogP contribution >= 0.6 is 0 Å². The number of para-hydroxylation sites is 3. The standard InChI is InChI=1S/C15H16N2O3/c1-17(11-18)12-19-14-9-5-6-10-15(14)20-16-13-7-3-2-4-8-13/h2-11,16H,12H2,1H3. The van der Waals surface area contributed by atoms with Gasteiger partial charge in [-0.15, -0.1) is 0 Å². The monoisotopic (exact) mass is 272 g/mol. The molecule has 20 heavy (non-hydrogen) atoms. The molecule has 0 radical (unpaired) electrons. The Bertz CT molecular complexity index is 546. The first-order valence-electron chi connectivity index (χ1n) is 6.15. The van der Waals surface area contributed by atoms with Gasteiger partial charge in [-0.3, -0.25) is 4.79 Å². The van der Waals surface area contributed by atoms with Crippen LogP contribution in [0.4, 0.5) is 5.69 Å². The fourth-order valence-corrected chi connectivity index (χ4v) is 1.48. The molecule has 5 nitrogen and oxygen atoms in total. The minimum atomic E-state index is 0.162. The maximum absolute atomic E-state index is 10.5. The summed E-state index contributed by atoms with van der Waals surface area (Å²) in [6.07, 6.45) is 0.700. The molecule has 0 saturated heterocycles. The largest absolute Gasteiger partial charge is 0.469 e. The van der Waals surface area contributed by atoms with Gasteiger partial charge in [0.05, 0.1) is 5.69 Å². The number of hydrogen-bond donors (Lipinski definition) is 1. The lowest BCUT2D eigenvalue weighted by atomic mass is 10.3. The second-order valence-corrected chi connectivity index (χ2v) is 4.15. The highest BCUT2D eigenvalue weighted by Crippen LogP contribution is 2.26. The van der Waals surface area contributed by atoms with Crippen molar-refractivity contribution in [3.05, 3.63) is 54.6 Å². The summed E-state index contributed by atoms with van der Waals surface area (Å²) in [5.74, 6) is 1.11. The number of anilines is 1. The first kappa shape index (κ1) is 13.7. The van der Waals surface area contributed by atoms with Crippen molar-refractivity contribution in [1.82, 2.24) is 4.90 Å². The average molecular weight is 272 g/mol. The minimum Gasteiger partial charge on any atom is -0.469 e. The van der Waals surface area contributed by atoms with E-state index < -0.39 is 0 Å². The fourth-order valence-electron chi connectivity index (χ4n) is 1.48. The van der Waals surface area contributed by atoms with E-state index in [9.17, 15) is 4.79 Å². The molecule has 0 aromatic heterocycles. The molecule has 0 unspecified atom stereocenters. The Morgan fingerprint density at radius 2 is 1.70 bits per heavy atom. The molecule has 2 aromatic carbocycles. The van der Waals surface area contributed by atoms with Crippen LogP contribution in [0.3, 0.4) is 0 Å². The Balaban J connectivity index is 1.98. The summed E-state index contributed by atoms with van der Waals surface area (Å²) in [4.78, 5) is 17.4. The first-order valence-corrected chi connectivity index (χ1v) is 6.15. The summed E-state index contributed by atoms with van der Waals surface area (Å²) in [7, 11) is 1.64. The average Bonchev–Trinajstić information content (AvgIpc) is 2.52. The number of hydrogen-bond acceptors (Lipinski definition) is 4. The van der Waals surface area contributed by atoms with Gasteiger partial charge < -0.3 is 14.5 Å². The van der Waals surface area contributed by atoms with Crippen LogP contribution in [0.5, 0.6) is 11.5 Å². The van der Waals surface area contributed by atoms with Crippen LogP contribution < -0.4 is 15.1 Å². The fraction of sp³-hybridized carbons (Fsp3) is 0.133. The van der Waals surface area contributed by atoms with E-state index in [1.807, 2.05) is 42.5 Å². The summed E-state index contributed by atoms with van der Waals surface area (Å²) in [6.45, 7) is 0.162. The molecule has 0 bridgehead atoms. The second-order valence-electron chi connectivity index (χ2n) is 4.15. The Labute approximate surface area is 117 Å². The van der Waals surface area contributed by atoms with Crippen molar-refractivity contribution in [1.29, 1.82) is 0 Å². The van der Waals surface area contributed by atoms with Crippen LogP contribution in [0.25, 0.3) is 0 Å². The molecular formula is C15H16N2O3. The van der Waals surface area contributed by atoms with Crippen LogP contribution in [0.15, 0.2) is 54.6 Å². The minimum absolute atomic E-state index is 0.162. The lowest BCUT2D eigenvalue weighted by molar-refractivity contribution is -0.119. The third-order valence-electron chi connectivity index (χ3n) is 2.51. The smallest absolute Gasteiger partial charge is 0.212 e. The molecule has 0 atom stereocenters. The van der Waals surface area contributed by atoms with Gasteiger partial charge in [-0.1, -0.05) is 30.3 Å². The molecule has 0 heterocycles. The molecule has 2 rings (SSSR count). The highest BCUT2D eigenvalue weighted by Gasteiger charge is 2.05. The van der Waals surface area contributed by atoms with E-state index in [4.69, 9.17) is 9.57 Å². The van der Waals surface area contributed by atoms with Crippen molar-refractivity contribution in [2.45, 2.75) is 0 Å². The molecule has 5 heteroatoms. The van der Waals surface area contributed by atoms with E-state index in [-0.39, 0.29) is 6.73 Å². The predicted octanol–water partition coefficient (Wildman–Crippen LogP) is 2.52. The van der Waals surface area contributed by atoms with Crippen molar-refractivity contribution in [3.63, 3.8) is 0 Å². The zero-order valence-electron chi connectivity index (χ0n) is 11.2. The van der Waals surface area contributed by atoms with Gasteiger partial charge >= 0.3 is 0 Å². The van der Waals surface area contributed by atoms with Gasteiger partial charge in [-0.2, -0.15) is 0 Å². The zero-order valence-corrected chi connectivity index (χ0v) is 11.2. The molecule has 0 spiro atoms. The van der Waals surface area contributed by atoms with Gasteiger partial charge in [-0.05, 0) is 24.3 Å². The molecule has 2 aromatic rings. The number of nitrogens with one attached hydrogen (secondary N) is 1. The highest BCUT2D eigenvalue weighted by molar-refractivity contribution is 5.47. The van der Waals surface area contributed by atoms with Crippen molar-refractivity contribution in [2.24, 2.45) is 0 Å². The Hall–Kier alpha value is -2.69. The Morgan fingerprint density at radius 1 is 1.05 bits per heavy atom. The maximum atomic E-state index is 10.5. The van der Waals surface area contributed by atoms with Gasteiger partial charge in [-0.25, -0.2) is 5.48 Å². The molecule has 104 valence electrons. The third kappa shape index (κ3) is 3.91. The predicted molar refractivity (Wildman–Crippen MR) is 76.5 cm³/mol. The van der Waals surface area contributed by atoms with E-state index in [0.717, 1.165) is 5.69 Å². The summed E-state index contributed by atoms with van der Waals surface area (Å²) < 4.78 is 5.51. The van der Waals surface area contributed by atoms with Crippen molar-refractivity contribution in [2.75, 3.05) is 19.3 Å². The zero-order chi connectivity index (χ0) is 14.2. The van der Waals surface area contributed by atoms with Crippen molar-refractivity contribution in [3.8, 4) is 11.5 Å². The van der Waals surface area contributed by atoms with E-state index in [2.05, 4.69) is 5.48 Å². The molecule has 1 amide bonds. The summed E-state index contributed by atoms with van der Waals surface area (Å²) >= 11 is 0. The number of carbonyl (C=O) groups excluding carboxylic acids is 1. The van der Waals surface area contributed by atoms with E-state index in [1.54, 1.807) is 19.2 Å². The third-order valence-corrected chi connectivity index (χ3v) is 2.51. The van der Waals surface area contributed by atoms with Crippen LogP contribution in [0.1, 0.15) is 0 Å². The van der Waals surface area contributed by atoms with Gasteiger partial charge in [0, 0.05) is 7.05 Å². The summed E-state index contributed by atoms with van der Waals surface area (Å²) in [6, 6.07) is 16.8. The Kier molecular flexibility index (Phi) is 4.83. The van der Waals surface area contributed by atoms with Crippen LogP contribution in [-0.4, -0.2) is 25.1 Å². The van der Waals surface area contributed by atoms with Crippen molar-refractivity contribution < 1.29 is 14.4 Å². The van der Waals surface area contributed by atoms with Gasteiger partial charge in [0.15, 0.2) is 18.2 Å². The molecule has 0 aliphatic rings. The van der Waals surface area contributed by atoms with Crippen LogP contribution in [0.2, 0.25) is 0 Å². The highest BCUT2D eigenvalue weighted by atomic mass is 16.7. The number of carbonyl (C=O) groups is 1. The van der Waals surface area contributed by atoms with E-state index in [1.165, 1.54) is 4.90 Å². The second kappa shape index (κ2) is 7.04. The topological polar surface area (TPSA) is 50.8 Å². The SMILES string of the molecule is CN(C=O)COc1ccccc1ONc1ccccc1. The van der Waals surface area contributed by atoms with Crippen molar-refractivity contribution >= 4 is 12.1 Å². The molecule has 0 aliphatic heterocycles. The number of benzene rings is 2. The van der Waals surface area contributed by atoms with Gasteiger partial charge in [0.25, 0.3) is 0 Å². The van der Waals surface area contributed by atoms with Crippen LogP contribution in [-0.2, 0) is 4.79 Å². The number of amides is 1. The van der Waals surface area contributed by atoms with Crippen LogP contribution in [0, 0.1) is 0 Å². The number of nitrogens with zero attached hydrogens (tertiary/aromatic N) is 1. The van der Waals surface area contributed by atoms with Gasteiger partial charge in [0.1, 0.15) is 0 Å². The van der Waals surface area contributed by atoms with Gasteiger partial charge in [0.2, 0.25) is 6.41 Å². The normalized spacial score (nSPS) is 9.65. The quantitative estimate of drug-likeness (QED) is 0.478.